The number of ether oxygens (including phenoxy) is 1. The average Bonchev–Trinajstić information content (AvgIpc) is 2.79. The van der Waals surface area contributed by atoms with E-state index in [1.165, 1.54) is 25.5 Å². The first-order valence-electron chi connectivity index (χ1n) is 9.20. The second-order valence-electron chi connectivity index (χ2n) is 6.34. The number of methoxy groups -OCH3 is 1. The Labute approximate surface area is 186 Å². The number of halogens is 1. The van der Waals surface area contributed by atoms with E-state index in [-0.39, 0.29) is 4.90 Å². The predicted octanol–water partition coefficient (Wildman–Crippen LogP) is 3.69. The van der Waals surface area contributed by atoms with Gasteiger partial charge in [0.1, 0.15) is 12.3 Å². The van der Waals surface area contributed by atoms with E-state index in [1.54, 1.807) is 66.7 Å². The number of carbonyl (C=O) groups excluding carboxylic acids is 1. The zero-order valence-electron chi connectivity index (χ0n) is 16.6. The van der Waals surface area contributed by atoms with Gasteiger partial charge in [-0.3, -0.25) is 9.10 Å². The molecule has 7 nitrogen and oxygen atoms in total. The van der Waals surface area contributed by atoms with Gasteiger partial charge in [-0.2, -0.15) is 5.10 Å². The van der Waals surface area contributed by atoms with Gasteiger partial charge in [-0.25, -0.2) is 13.8 Å². The van der Waals surface area contributed by atoms with Gasteiger partial charge in [0.25, 0.3) is 15.9 Å². The number of para-hydroxylation sites is 1. The minimum Gasteiger partial charge on any atom is -0.497 e. The van der Waals surface area contributed by atoms with Crippen molar-refractivity contribution in [3.63, 3.8) is 0 Å². The standard InChI is InChI=1S/C22H20ClN3O4S/c1-30-19-11-13-20(14-12-19)31(28,29)26(18-8-3-2-4-9-18)16-22(27)25-24-15-17-7-5-6-10-21(17)23/h2-15H,16H2,1H3,(H,25,27). The maximum atomic E-state index is 13.3. The third kappa shape index (κ3) is 5.62. The molecule has 0 saturated carbocycles. The van der Waals surface area contributed by atoms with Gasteiger partial charge in [-0.05, 0) is 42.5 Å². The van der Waals surface area contributed by atoms with Crippen molar-refractivity contribution in [2.45, 2.75) is 4.90 Å². The fraction of sp³-hybridized carbons (Fsp3) is 0.0909. The lowest BCUT2D eigenvalue weighted by Crippen LogP contribution is -2.39. The minimum atomic E-state index is -4.01. The van der Waals surface area contributed by atoms with Crippen LogP contribution in [0.4, 0.5) is 5.69 Å². The molecule has 0 spiro atoms. The predicted molar refractivity (Wildman–Crippen MR) is 121 cm³/mol. The fourth-order valence-electron chi connectivity index (χ4n) is 2.70. The van der Waals surface area contributed by atoms with Crippen molar-refractivity contribution in [1.29, 1.82) is 0 Å². The number of nitrogens with zero attached hydrogens (tertiary/aromatic N) is 2. The van der Waals surface area contributed by atoms with E-state index in [9.17, 15) is 13.2 Å². The third-order valence-corrected chi connectivity index (χ3v) is 6.41. The molecule has 1 N–H and O–H groups in total. The highest BCUT2D eigenvalue weighted by atomic mass is 35.5. The van der Waals surface area contributed by atoms with Gasteiger partial charge in [-0.15, -0.1) is 0 Å². The molecule has 0 aliphatic heterocycles. The number of hydrogen-bond acceptors (Lipinski definition) is 5. The normalized spacial score (nSPS) is 11.3. The zero-order chi connectivity index (χ0) is 22.3. The number of amides is 1. The van der Waals surface area contributed by atoms with Crippen molar-refractivity contribution in [1.82, 2.24) is 5.43 Å². The van der Waals surface area contributed by atoms with Crippen LogP contribution in [0.15, 0.2) is 88.9 Å². The highest BCUT2D eigenvalue weighted by Gasteiger charge is 2.27. The first-order chi connectivity index (χ1) is 14.9. The topological polar surface area (TPSA) is 88.1 Å². The third-order valence-electron chi connectivity index (χ3n) is 4.28. The number of sulfonamides is 1. The number of benzene rings is 3. The monoisotopic (exact) mass is 457 g/mol. The van der Waals surface area contributed by atoms with Gasteiger partial charge in [0.2, 0.25) is 0 Å². The minimum absolute atomic E-state index is 0.0320. The van der Waals surface area contributed by atoms with E-state index < -0.39 is 22.5 Å². The largest absolute Gasteiger partial charge is 0.497 e. The van der Waals surface area contributed by atoms with E-state index in [0.29, 0.717) is 22.0 Å². The van der Waals surface area contributed by atoms with Crippen LogP contribution in [0.25, 0.3) is 0 Å². The van der Waals surface area contributed by atoms with Crippen LogP contribution < -0.4 is 14.5 Å². The van der Waals surface area contributed by atoms with E-state index in [1.807, 2.05) is 0 Å². The maximum absolute atomic E-state index is 13.3. The molecule has 0 unspecified atom stereocenters. The first-order valence-corrected chi connectivity index (χ1v) is 11.0. The summed E-state index contributed by atoms with van der Waals surface area (Å²) in [6, 6.07) is 21.3. The van der Waals surface area contributed by atoms with Crippen LogP contribution >= 0.6 is 11.6 Å². The molecular formula is C22H20ClN3O4S. The maximum Gasteiger partial charge on any atom is 0.264 e. The Kier molecular flexibility index (Phi) is 7.28. The average molecular weight is 458 g/mol. The van der Waals surface area contributed by atoms with Crippen LogP contribution in [0, 0.1) is 0 Å². The van der Waals surface area contributed by atoms with Crippen molar-refractivity contribution >= 4 is 39.4 Å². The Balaban J connectivity index is 1.82. The molecule has 0 aliphatic rings. The van der Waals surface area contributed by atoms with Gasteiger partial charge in [-0.1, -0.05) is 48.0 Å². The molecule has 1 amide bonds. The smallest absolute Gasteiger partial charge is 0.264 e. The van der Waals surface area contributed by atoms with Gasteiger partial charge >= 0.3 is 0 Å². The van der Waals surface area contributed by atoms with E-state index >= 15 is 0 Å². The van der Waals surface area contributed by atoms with Crippen LogP contribution in [-0.4, -0.2) is 34.2 Å². The zero-order valence-corrected chi connectivity index (χ0v) is 18.2. The molecule has 0 saturated heterocycles. The highest BCUT2D eigenvalue weighted by Crippen LogP contribution is 2.24. The Hall–Kier alpha value is -3.36. The lowest BCUT2D eigenvalue weighted by atomic mass is 10.2. The van der Waals surface area contributed by atoms with Gasteiger partial charge < -0.3 is 4.74 Å². The number of carbonyl (C=O) groups is 1. The van der Waals surface area contributed by atoms with Crippen molar-refractivity contribution in [2.75, 3.05) is 18.0 Å². The Morgan fingerprint density at radius 2 is 1.68 bits per heavy atom. The Morgan fingerprint density at radius 3 is 2.32 bits per heavy atom. The van der Waals surface area contributed by atoms with E-state index in [4.69, 9.17) is 16.3 Å². The Morgan fingerprint density at radius 1 is 1.03 bits per heavy atom. The fourth-order valence-corrected chi connectivity index (χ4v) is 4.31. The Bertz CT molecular complexity index is 1170. The molecule has 0 radical (unpaired) electrons. The van der Waals surface area contributed by atoms with Crippen molar-refractivity contribution in [3.05, 3.63) is 89.4 Å². The SMILES string of the molecule is COc1ccc(S(=O)(=O)N(CC(=O)NN=Cc2ccccc2Cl)c2ccccc2)cc1. The van der Waals surface area contributed by atoms with Crippen LogP contribution in [0.3, 0.4) is 0 Å². The second kappa shape index (κ2) is 10.1. The summed E-state index contributed by atoms with van der Waals surface area (Å²) in [5.74, 6) is -0.0823. The summed E-state index contributed by atoms with van der Waals surface area (Å²) in [6.45, 7) is -0.460. The number of hydrazone groups is 1. The summed E-state index contributed by atoms with van der Waals surface area (Å²) in [4.78, 5) is 12.5. The molecule has 9 heteroatoms. The van der Waals surface area contributed by atoms with Crippen LogP contribution in [0.2, 0.25) is 5.02 Å². The molecule has 0 fully saturated rings. The van der Waals surface area contributed by atoms with Gasteiger partial charge in [0, 0.05) is 10.6 Å². The summed E-state index contributed by atoms with van der Waals surface area (Å²) in [5.41, 5.74) is 3.32. The summed E-state index contributed by atoms with van der Waals surface area (Å²) in [6.07, 6.45) is 1.39. The number of rotatable bonds is 8. The lowest BCUT2D eigenvalue weighted by molar-refractivity contribution is -0.119. The number of anilines is 1. The molecule has 0 heterocycles. The molecule has 31 heavy (non-hydrogen) atoms. The summed E-state index contributed by atoms with van der Waals surface area (Å²) >= 11 is 6.05. The van der Waals surface area contributed by atoms with Gasteiger partial charge in [0.05, 0.1) is 23.9 Å². The van der Waals surface area contributed by atoms with E-state index in [0.717, 1.165) is 4.31 Å². The summed E-state index contributed by atoms with van der Waals surface area (Å²) in [5, 5.41) is 4.36. The molecule has 3 aromatic carbocycles. The number of hydrogen-bond donors (Lipinski definition) is 1. The molecule has 0 bridgehead atoms. The van der Waals surface area contributed by atoms with Crippen molar-refractivity contribution in [3.8, 4) is 5.75 Å². The highest BCUT2D eigenvalue weighted by molar-refractivity contribution is 7.92. The van der Waals surface area contributed by atoms with Crippen molar-refractivity contribution < 1.29 is 17.9 Å². The molecule has 0 aromatic heterocycles. The lowest BCUT2D eigenvalue weighted by Gasteiger charge is -2.23. The van der Waals surface area contributed by atoms with Gasteiger partial charge in [0.15, 0.2) is 0 Å². The van der Waals surface area contributed by atoms with Crippen LogP contribution in [0.5, 0.6) is 5.75 Å². The van der Waals surface area contributed by atoms with E-state index in [2.05, 4.69) is 10.5 Å². The molecule has 160 valence electrons. The molecular weight excluding hydrogens is 438 g/mol. The second-order valence-corrected chi connectivity index (χ2v) is 8.61. The first kappa shape index (κ1) is 22.3. The molecule has 0 atom stereocenters. The molecule has 3 aromatic rings. The summed E-state index contributed by atoms with van der Waals surface area (Å²) in [7, 11) is -2.52. The molecule has 0 aliphatic carbocycles. The molecule has 3 rings (SSSR count). The quantitative estimate of drug-likeness (QED) is 0.412. The van der Waals surface area contributed by atoms with Crippen LogP contribution in [0.1, 0.15) is 5.56 Å². The number of nitrogens with one attached hydrogen (secondary N) is 1. The van der Waals surface area contributed by atoms with Crippen molar-refractivity contribution in [2.24, 2.45) is 5.10 Å². The summed E-state index contributed by atoms with van der Waals surface area (Å²) < 4.78 is 32.6. The van der Waals surface area contributed by atoms with Crippen LogP contribution in [-0.2, 0) is 14.8 Å².